The second-order valence-electron chi connectivity index (χ2n) is 4.08. The number of hydrogen-bond acceptors (Lipinski definition) is 7. The minimum absolute atomic E-state index is 0.0351. The maximum absolute atomic E-state index is 10.8. The van der Waals surface area contributed by atoms with E-state index < -0.39 is 10.8 Å². The Morgan fingerprint density at radius 1 is 1.35 bits per heavy atom. The molecule has 0 radical (unpaired) electrons. The molecule has 1 heterocycles. The molecule has 0 saturated heterocycles. The summed E-state index contributed by atoms with van der Waals surface area (Å²) in [5, 5.41) is 34.4. The zero-order chi connectivity index (χ0) is 14.4. The van der Waals surface area contributed by atoms with Gasteiger partial charge in [-0.15, -0.1) is 5.11 Å². The zero-order valence-corrected chi connectivity index (χ0v) is 9.78. The van der Waals surface area contributed by atoms with Crippen LogP contribution in [0.15, 0.2) is 23.3 Å². The molecule has 100 valence electrons. The highest BCUT2D eigenvalue weighted by molar-refractivity contribution is 6.08. The molecule has 0 spiro atoms. The van der Waals surface area contributed by atoms with Crippen LogP contribution in [0.5, 0.6) is 11.6 Å². The highest BCUT2D eigenvalue weighted by Crippen LogP contribution is 2.48. The molecule has 0 amide bonds. The molecule has 4 N–H and O–H groups in total. The summed E-state index contributed by atoms with van der Waals surface area (Å²) in [5.74, 6) is -0.905. The van der Waals surface area contributed by atoms with Gasteiger partial charge in [0.05, 0.1) is 10.6 Å². The van der Waals surface area contributed by atoms with Gasteiger partial charge in [-0.3, -0.25) is 10.1 Å². The first-order chi connectivity index (χ1) is 9.52. The second-order valence-corrected chi connectivity index (χ2v) is 4.08. The SMILES string of the molecule is N=Nc1nc(O)c2c(O)c3ccc([N+](=O)[O-])cc3c-2[nH]1. The molecule has 0 unspecified atom stereocenters. The number of nitro benzene ring substituents is 1. The van der Waals surface area contributed by atoms with Crippen LogP contribution in [-0.4, -0.2) is 25.1 Å². The lowest BCUT2D eigenvalue weighted by Crippen LogP contribution is -1.89. The van der Waals surface area contributed by atoms with Gasteiger partial charge >= 0.3 is 0 Å². The molecule has 0 fully saturated rings. The number of aromatic nitrogens is 2. The number of nitrogens with one attached hydrogen (secondary N) is 2. The first kappa shape index (κ1) is 11.8. The van der Waals surface area contributed by atoms with Gasteiger partial charge in [0.1, 0.15) is 11.3 Å². The van der Waals surface area contributed by atoms with Crippen LogP contribution in [0.3, 0.4) is 0 Å². The van der Waals surface area contributed by atoms with Crippen molar-refractivity contribution in [3.63, 3.8) is 0 Å². The Kier molecular flexibility index (Phi) is 2.30. The smallest absolute Gasteiger partial charge is 0.270 e. The Labute approximate surface area is 110 Å². The quantitative estimate of drug-likeness (QED) is 0.321. The third-order valence-corrected chi connectivity index (χ3v) is 3.00. The van der Waals surface area contributed by atoms with Gasteiger partial charge in [0.15, 0.2) is 0 Å². The Morgan fingerprint density at radius 3 is 2.75 bits per heavy atom. The average molecular weight is 273 g/mol. The monoisotopic (exact) mass is 273 g/mol. The zero-order valence-electron chi connectivity index (χ0n) is 9.78. The molecule has 1 aliphatic heterocycles. The molecule has 0 atom stereocenters. The van der Waals surface area contributed by atoms with Crippen LogP contribution < -0.4 is 0 Å². The summed E-state index contributed by atoms with van der Waals surface area (Å²) in [5.41, 5.74) is 7.01. The molecular formula is C11H7N5O4. The molecule has 9 nitrogen and oxygen atoms in total. The van der Waals surface area contributed by atoms with Gasteiger partial charge < -0.3 is 15.2 Å². The third kappa shape index (κ3) is 1.46. The van der Waals surface area contributed by atoms with Gasteiger partial charge in [-0.25, -0.2) is 5.53 Å². The van der Waals surface area contributed by atoms with E-state index in [2.05, 4.69) is 15.1 Å². The van der Waals surface area contributed by atoms with E-state index in [1.165, 1.54) is 18.2 Å². The lowest BCUT2D eigenvalue weighted by molar-refractivity contribution is -0.384. The summed E-state index contributed by atoms with van der Waals surface area (Å²) in [6.45, 7) is 0. The maximum atomic E-state index is 10.8. The van der Waals surface area contributed by atoms with Crippen molar-refractivity contribution >= 4 is 22.4 Å². The molecule has 0 saturated carbocycles. The van der Waals surface area contributed by atoms with Gasteiger partial charge in [0, 0.05) is 22.9 Å². The normalized spacial score (nSPS) is 11.0. The van der Waals surface area contributed by atoms with Gasteiger partial charge in [-0.2, -0.15) is 4.98 Å². The molecule has 0 bridgehead atoms. The van der Waals surface area contributed by atoms with Crippen LogP contribution in [0.4, 0.5) is 11.6 Å². The summed E-state index contributed by atoms with van der Waals surface area (Å²) in [6, 6.07) is 3.90. The lowest BCUT2D eigenvalue weighted by atomic mass is 10.2. The first-order valence-corrected chi connectivity index (χ1v) is 5.42. The summed E-state index contributed by atoms with van der Waals surface area (Å²) >= 11 is 0. The van der Waals surface area contributed by atoms with E-state index >= 15 is 0 Å². The number of non-ortho nitro benzene ring substituents is 1. The van der Waals surface area contributed by atoms with Crippen LogP contribution >= 0.6 is 0 Å². The van der Waals surface area contributed by atoms with Crippen LogP contribution in [0.25, 0.3) is 22.0 Å². The van der Waals surface area contributed by atoms with Crippen molar-refractivity contribution in [3.8, 4) is 22.9 Å². The summed E-state index contributed by atoms with van der Waals surface area (Å²) in [4.78, 5) is 16.5. The van der Waals surface area contributed by atoms with Crippen molar-refractivity contribution in [2.45, 2.75) is 0 Å². The highest BCUT2D eigenvalue weighted by atomic mass is 16.6. The number of nitrogens with zero attached hydrogens (tertiary/aromatic N) is 3. The first-order valence-electron chi connectivity index (χ1n) is 5.42. The third-order valence-electron chi connectivity index (χ3n) is 3.00. The molecule has 0 aromatic heterocycles. The number of benzene rings is 1. The van der Waals surface area contributed by atoms with E-state index in [-0.39, 0.29) is 28.6 Å². The Bertz CT molecular complexity index is 841. The topological polar surface area (TPSA) is 148 Å². The van der Waals surface area contributed by atoms with Crippen molar-refractivity contribution in [3.05, 3.63) is 28.3 Å². The van der Waals surface area contributed by atoms with Gasteiger partial charge in [-0.05, 0) is 6.07 Å². The Morgan fingerprint density at radius 2 is 2.10 bits per heavy atom. The summed E-state index contributed by atoms with van der Waals surface area (Å²) < 4.78 is 0. The second kappa shape index (κ2) is 3.88. The minimum atomic E-state index is -0.563. The van der Waals surface area contributed by atoms with Crippen molar-refractivity contribution < 1.29 is 15.1 Å². The number of aromatic amines is 1. The maximum Gasteiger partial charge on any atom is 0.270 e. The number of aromatic hydroxyl groups is 2. The van der Waals surface area contributed by atoms with Crippen molar-refractivity contribution in [2.24, 2.45) is 5.11 Å². The Hall–Kier alpha value is -3.23. The van der Waals surface area contributed by atoms with Crippen LogP contribution in [0.1, 0.15) is 0 Å². The fourth-order valence-electron chi connectivity index (χ4n) is 2.14. The average Bonchev–Trinajstić information content (AvgIpc) is 2.72. The van der Waals surface area contributed by atoms with Crippen molar-refractivity contribution in [1.29, 1.82) is 5.53 Å². The summed E-state index contributed by atoms with van der Waals surface area (Å²) in [7, 11) is 0. The number of nitro groups is 1. The van der Waals surface area contributed by atoms with Gasteiger partial charge in [0.2, 0.25) is 11.8 Å². The van der Waals surface area contributed by atoms with E-state index in [9.17, 15) is 20.3 Å². The molecular weight excluding hydrogens is 266 g/mol. The number of hydrogen-bond donors (Lipinski definition) is 4. The van der Waals surface area contributed by atoms with Crippen molar-refractivity contribution in [2.75, 3.05) is 0 Å². The number of fused-ring (bicyclic) bond motifs is 3. The van der Waals surface area contributed by atoms with E-state index in [1.54, 1.807) is 0 Å². The fourth-order valence-corrected chi connectivity index (χ4v) is 2.14. The van der Waals surface area contributed by atoms with Gasteiger partial charge in [0.25, 0.3) is 5.69 Å². The number of rotatable bonds is 2. The van der Waals surface area contributed by atoms with E-state index in [0.29, 0.717) is 10.8 Å². The molecule has 20 heavy (non-hydrogen) atoms. The molecule has 1 aromatic carbocycles. The molecule has 3 rings (SSSR count). The molecule has 9 heteroatoms. The fraction of sp³-hybridized carbons (Fsp3) is 0. The largest absolute Gasteiger partial charge is 0.506 e. The van der Waals surface area contributed by atoms with Gasteiger partial charge in [-0.1, -0.05) is 0 Å². The predicted molar refractivity (Wildman–Crippen MR) is 67.5 cm³/mol. The van der Waals surface area contributed by atoms with E-state index in [0.717, 1.165) is 0 Å². The molecule has 1 aromatic rings. The van der Waals surface area contributed by atoms with E-state index in [1.807, 2.05) is 0 Å². The lowest BCUT2D eigenvalue weighted by Gasteiger charge is -2.03. The predicted octanol–water partition coefficient (Wildman–Crippen LogP) is 2.65. The van der Waals surface area contributed by atoms with E-state index in [4.69, 9.17) is 5.53 Å². The minimum Gasteiger partial charge on any atom is -0.506 e. The molecule has 1 aliphatic carbocycles. The highest BCUT2D eigenvalue weighted by Gasteiger charge is 2.25. The van der Waals surface area contributed by atoms with Crippen molar-refractivity contribution in [1.82, 2.24) is 9.97 Å². The Balaban J connectivity index is 2.47. The summed E-state index contributed by atoms with van der Waals surface area (Å²) in [6.07, 6.45) is 0. The van der Waals surface area contributed by atoms with Crippen LogP contribution in [-0.2, 0) is 0 Å². The van der Waals surface area contributed by atoms with Crippen LogP contribution in [0.2, 0.25) is 0 Å². The standard InChI is InChI=1S/C11H7N5O4/c12-15-11-13-8-6-3-4(16(19)20)1-2-5(6)9(17)7(8)10(18)14-11/h1-3,12,17-18H,(H,13,14). The molecule has 2 aliphatic rings. The van der Waals surface area contributed by atoms with Crippen LogP contribution in [0, 0.1) is 15.6 Å². The number of H-pyrrole nitrogens is 1.